The lowest BCUT2D eigenvalue weighted by Gasteiger charge is -2.45. The number of hydrogen-bond acceptors (Lipinski definition) is 13. The molecule has 37 heavy (non-hydrogen) atoms. The second-order valence-corrected chi connectivity index (χ2v) is 13.1. The summed E-state index contributed by atoms with van der Waals surface area (Å²) in [4.78, 5) is 0. The van der Waals surface area contributed by atoms with E-state index in [1.54, 1.807) is 0 Å². The van der Waals surface area contributed by atoms with Crippen LogP contribution in [-0.4, -0.2) is 133 Å². The minimum Gasteiger partial charge on any atom is -0.388 e. The van der Waals surface area contributed by atoms with Gasteiger partial charge >= 0.3 is 0 Å². The Morgan fingerprint density at radius 3 is 1.30 bits per heavy atom. The Labute approximate surface area is 216 Å². The van der Waals surface area contributed by atoms with Crippen LogP contribution in [0.3, 0.4) is 0 Å². The number of sulfonamides is 2. The predicted molar refractivity (Wildman–Crippen MR) is 128 cm³/mol. The van der Waals surface area contributed by atoms with Crippen LogP contribution in [-0.2, 0) is 34.3 Å². The number of nitrogens with one attached hydrogen (secondary N) is 2. The third kappa shape index (κ3) is 9.26. The zero-order valence-corrected chi connectivity index (χ0v) is 22.4. The van der Waals surface area contributed by atoms with E-state index < -0.39 is 94.5 Å². The molecule has 2 aliphatic heterocycles. The van der Waals surface area contributed by atoms with Crippen molar-refractivity contribution >= 4 is 20.0 Å². The summed E-state index contributed by atoms with van der Waals surface area (Å²) in [7, 11) is -7.41. The molecule has 0 radical (unpaired) electrons. The van der Waals surface area contributed by atoms with Gasteiger partial charge < -0.3 is 44.8 Å². The first kappa shape index (κ1) is 32.7. The van der Waals surface area contributed by atoms with E-state index in [0.29, 0.717) is 25.7 Å². The van der Waals surface area contributed by atoms with Crippen LogP contribution in [0.5, 0.6) is 0 Å². The molecule has 2 rings (SSSR count). The summed E-state index contributed by atoms with van der Waals surface area (Å²) in [5.41, 5.74) is 0. The van der Waals surface area contributed by atoms with Crippen molar-refractivity contribution in [2.75, 3.05) is 24.6 Å². The molecule has 8 N–H and O–H groups in total. The highest BCUT2D eigenvalue weighted by molar-refractivity contribution is 7.89. The SMILES string of the molecule is CCCCS(=O)(=O)NC[C@H]1O[C@H](O[C@H]2O[C@H](CNS(=O)(=O)CCCC)[C@@H](O)[C@H](O)[C@H]2O)[C@H](O)[C@@H](O)[C@@H]1O. The van der Waals surface area contributed by atoms with Crippen LogP contribution in [0.4, 0.5) is 0 Å². The topological polar surface area (TPSA) is 241 Å². The van der Waals surface area contributed by atoms with Crippen molar-refractivity contribution in [3.05, 3.63) is 0 Å². The minimum absolute atomic E-state index is 0.163. The highest BCUT2D eigenvalue weighted by Gasteiger charge is 2.50. The van der Waals surface area contributed by atoms with E-state index in [1.807, 2.05) is 13.8 Å². The van der Waals surface area contributed by atoms with E-state index >= 15 is 0 Å². The summed E-state index contributed by atoms with van der Waals surface area (Å²) >= 11 is 0. The Kier molecular flexibility index (Phi) is 12.5. The molecule has 15 nitrogen and oxygen atoms in total. The average Bonchev–Trinajstić information content (AvgIpc) is 2.85. The van der Waals surface area contributed by atoms with Crippen molar-refractivity contribution in [1.29, 1.82) is 0 Å². The van der Waals surface area contributed by atoms with E-state index in [-0.39, 0.29) is 11.5 Å². The molecular weight excluding hydrogens is 540 g/mol. The van der Waals surface area contributed by atoms with Crippen LogP contribution < -0.4 is 9.44 Å². The molecule has 0 amide bonds. The van der Waals surface area contributed by atoms with Gasteiger partial charge in [0.15, 0.2) is 12.6 Å². The number of unbranched alkanes of at least 4 members (excludes halogenated alkanes) is 2. The molecule has 17 heteroatoms. The summed E-state index contributed by atoms with van der Waals surface area (Å²) in [5.74, 6) is -0.327. The monoisotopic (exact) mass is 580 g/mol. The van der Waals surface area contributed by atoms with Crippen LogP contribution in [0.1, 0.15) is 39.5 Å². The molecule has 0 aromatic rings. The van der Waals surface area contributed by atoms with Gasteiger partial charge in [-0.05, 0) is 12.8 Å². The first-order chi connectivity index (χ1) is 17.2. The maximum atomic E-state index is 12.1. The molecule has 0 aliphatic carbocycles. The second kappa shape index (κ2) is 14.2. The average molecular weight is 581 g/mol. The van der Waals surface area contributed by atoms with E-state index in [2.05, 4.69) is 9.44 Å². The molecule has 2 heterocycles. The lowest BCUT2D eigenvalue weighted by Crippen LogP contribution is -2.64. The van der Waals surface area contributed by atoms with Crippen LogP contribution in [0, 0.1) is 0 Å². The summed E-state index contributed by atoms with van der Waals surface area (Å²) in [5, 5.41) is 61.6. The molecule has 0 aromatic heterocycles. The summed E-state index contributed by atoms with van der Waals surface area (Å²) in [6, 6.07) is 0. The summed E-state index contributed by atoms with van der Waals surface area (Å²) < 4.78 is 69.1. The third-order valence-corrected chi connectivity index (χ3v) is 9.01. The Hall–Kier alpha value is -0.540. The van der Waals surface area contributed by atoms with E-state index in [4.69, 9.17) is 14.2 Å². The van der Waals surface area contributed by atoms with Crippen LogP contribution in [0.2, 0.25) is 0 Å². The lowest BCUT2D eigenvalue weighted by molar-refractivity contribution is -0.372. The number of rotatable bonds is 14. The third-order valence-electron chi connectivity index (χ3n) is 6.15. The molecule has 0 unspecified atom stereocenters. The van der Waals surface area contributed by atoms with Gasteiger partial charge in [-0.25, -0.2) is 26.3 Å². The van der Waals surface area contributed by atoms with Crippen LogP contribution in [0.15, 0.2) is 0 Å². The Morgan fingerprint density at radius 1 is 0.622 bits per heavy atom. The summed E-state index contributed by atoms with van der Waals surface area (Å²) in [6.45, 7) is 2.70. The molecule has 2 saturated heterocycles. The zero-order chi connectivity index (χ0) is 28.0. The fourth-order valence-electron chi connectivity index (χ4n) is 3.76. The number of aliphatic hydroxyl groups excluding tert-OH is 6. The number of hydrogen-bond donors (Lipinski definition) is 8. The molecule has 0 bridgehead atoms. The van der Waals surface area contributed by atoms with Gasteiger partial charge in [0.1, 0.15) is 48.8 Å². The highest BCUT2D eigenvalue weighted by atomic mass is 32.2. The van der Waals surface area contributed by atoms with E-state index in [1.165, 1.54) is 0 Å². The largest absolute Gasteiger partial charge is 0.388 e. The fourth-order valence-corrected chi connectivity index (χ4v) is 6.22. The molecule has 2 aliphatic rings. The van der Waals surface area contributed by atoms with Gasteiger partial charge in [0, 0.05) is 13.1 Å². The Balaban J connectivity index is 2.07. The normalized spacial score (nSPS) is 37.5. The highest BCUT2D eigenvalue weighted by Crippen LogP contribution is 2.28. The Bertz CT molecular complexity index is 834. The maximum Gasteiger partial charge on any atom is 0.211 e. The molecule has 0 aromatic carbocycles. The van der Waals surface area contributed by atoms with Gasteiger partial charge in [-0.3, -0.25) is 0 Å². The quantitative estimate of drug-likeness (QED) is 0.0980. The molecule has 220 valence electrons. The molecule has 2 fully saturated rings. The molecule has 10 atom stereocenters. The predicted octanol–water partition coefficient (Wildman–Crippen LogP) is -3.94. The Morgan fingerprint density at radius 2 is 0.973 bits per heavy atom. The van der Waals surface area contributed by atoms with Crippen molar-refractivity contribution in [2.45, 2.75) is 101 Å². The van der Waals surface area contributed by atoms with Gasteiger partial charge in [0.05, 0.1) is 11.5 Å². The number of aliphatic hydroxyl groups is 6. The lowest BCUT2D eigenvalue weighted by atomic mass is 9.98. The van der Waals surface area contributed by atoms with Crippen molar-refractivity contribution in [3.8, 4) is 0 Å². The van der Waals surface area contributed by atoms with Gasteiger partial charge in [-0.15, -0.1) is 0 Å². The second-order valence-electron chi connectivity index (χ2n) is 9.21. The van der Waals surface area contributed by atoms with Gasteiger partial charge in [0.2, 0.25) is 20.0 Å². The van der Waals surface area contributed by atoms with Crippen molar-refractivity contribution in [3.63, 3.8) is 0 Å². The van der Waals surface area contributed by atoms with Crippen molar-refractivity contribution in [1.82, 2.24) is 9.44 Å². The van der Waals surface area contributed by atoms with E-state index in [0.717, 1.165) is 0 Å². The van der Waals surface area contributed by atoms with Gasteiger partial charge in [-0.2, -0.15) is 0 Å². The minimum atomic E-state index is -3.70. The maximum absolute atomic E-state index is 12.1. The van der Waals surface area contributed by atoms with Crippen molar-refractivity contribution < 1.29 is 61.7 Å². The first-order valence-corrected chi connectivity index (χ1v) is 15.5. The smallest absolute Gasteiger partial charge is 0.211 e. The summed E-state index contributed by atoms with van der Waals surface area (Å²) in [6.07, 6.45) is -15.0. The molecular formula is C20H40N2O13S2. The van der Waals surface area contributed by atoms with Gasteiger partial charge in [-0.1, -0.05) is 26.7 Å². The molecule has 0 saturated carbocycles. The number of ether oxygens (including phenoxy) is 3. The van der Waals surface area contributed by atoms with Crippen LogP contribution in [0.25, 0.3) is 0 Å². The van der Waals surface area contributed by atoms with Crippen LogP contribution >= 0.6 is 0 Å². The molecule has 0 spiro atoms. The fraction of sp³-hybridized carbons (Fsp3) is 1.00. The first-order valence-electron chi connectivity index (χ1n) is 12.2. The van der Waals surface area contributed by atoms with Crippen molar-refractivity contribution in [2.24, 2.45) is 0 Å². The van der Waals surface area contributed by atoms with E-state index in [9.17, 15) is 47.5 Å². The standard InChI is InChI=1S/C20H40N2O13S2/c1-3-5-7-36(29,30)21-9-11-13(23)15(25)17(27)19(33-11)35-20-18(28)16(26)14(24)12(34-20)10-22-37(31,32)8-6-4-2/h11-28H,3-10H2,1-2H3/t11-,12-,13-,14-,15+,16+,17-,18-,19-,20-/m1/s1. The zero-order valence-electron chi connectivity index (χ0n) is 20.8. The van der Waals surface area contributed by atoms with Gasteiger partial charge in [0.25, 0.3) is 0 Å².